The van der Waals surface area contributed by atoms with Gasteiger partial charge in [-0.3, -0.25) is 29.5 Å². The molecule has 3 aromatic carbocycles. The van der Waals surface area contributed by atoms with Gasteiger partial charge in [-0.15, -0.1) is 0 Å². The Bertz CT molecular complexity index is 2530. The molecule has 6 heterocycles. The molecule has 0 unspecified atom stereocenters. The van der Waals surface area contributed by atoms with E-state index in [4.69, 9.17) is 10.8 Å². The van der Waals surface area contributed by atoms with Crippen molar-refractivity contribution in [1.82, 2.24) is 25.0 Å². The number of rotatable bonds is 9. The first kappa shape index (κ1) is 38.7. The lowest BCUT2D eigenvalue weighted by Crippen LogP contribution is -2.55. The Morgan fingerprint density at radius 3 is 2.33 bits per heavy atom. The molecule has 0 spiro atoms. The van der Waals surface area contributed by atoms with Gasteiger partial charge >= 0.3 is 6.03 Å². The van der Waals surface area contributed by atoms with Crippen molar-refractivity contribution in [3.8, 4) is 11.3 Å². The molecule has 15 nitrogen and oxygen atoms in total. The van der Waals surface area contributed by atoms with Crippen LogP contribution in [0.1, 0.15) is 44.0 Å². The number of piperazine rings is 1. The first-order valence-corrected chi connectivity index (χ1v) is 20.3. The molecule has 0 atom stereocenters. The highest BCUT2D eigenvalue weighted by molar-refractivity contribution is 6.07. The molecule has 5 N–H and O–H groups in total. The Labute approximate surface area is 346 Å². The maximum Gasteiger partial charge on any atom is 0.328 e. The standard InChI is InChI=1S/C44H46FN11O4/c1-26-4-3-5-36(47-26)49-43(59)33-11-12-34(39(45)27(33)2)40-38(41(46)58)42-48-35-13-10-32(22-29(35)14-17-56(42)51-40)53-20-18-52(19-21-53)23-28-24-54(25-28)30-6-8-31(9-7-30)55-16-15-37(57)50-44(55)60/h3-13,22,28,48H,14-21,23-25H2,1-2H3,(H2,46,58)(H,47,49,59)(H,50,57,60). The van der Waals surface area contributed by atoms with E-state index < -0.39 is 17.6 Å². The highest BCUT2D eigenvalue weighted by atomic mass is 19.1. The van der Waals surface area contributed by atoms with Crippen molar-refractivity contribution < 1.29 is 23.6 Å². The van der Waals surface area contributed by atoms with Gasteiger partial charge < -0.3 is 26.2 Å². The third-order valence-electron chi connectivity index (χ3n) is 11.9. The number of amides is 5. The number of aromatic nitrogens is 3. The van der Waals surface area contributed by atoms with Crippen LogP contribution in [0, 0.1) is 25.6 Å². The third kappa shape index (κ3) is 7.49. The zero-order valence-electron chi connectivity index (χ0n) is 33.5. The van der Waals surface area contributed by atoms with Crippen LogP contribution in [-0.4, -0.2) is 95.8 Å². The minimum absolute atomic E-state index is 0.0788. The predicted molar refractivity (Wildman–Crippen MR) is 228 cm³/mol. The Balaban J connectivity index is 0.812. The molecule has 0 aliphatic carbocycles. The van der Waals surface area contributed by atoms with Gasteiger partial charge in [-0.05, 0) is 98.1 Å². The molecular weight excluding hydrogens is 766 g/mol. The summed E-state index contributed by atoms with van der Waals surface area (Å²) >= 11 is 0. The molecule has 2 aromatic heterocycles. The Kier molecular flexibility index (Phi) is 10.2. The van der Waals surface area contributed by atoms with Crippen LogP contribution in [0.5, 0.6) is 0 Å². The Hall–Kier alpha value is -6.81. The molecule has 5 aromatic rings. The second-order valence-corrected chi connectivity index (χ2v) is 15.9. The number of aryl methyl sites for hydroxylation is 3. The zero-order chi connectivity index (χ0) is 41.7. The fraction of sp³-hybridized carbons (Fsp3) is 0.318. The van der Waals surface area contributed by atoms with E-state index in [0.29, 0.717) is 43.5 Å². The molecule has 3 fully saturated rings. The lowest BCUT2D eigenvalue weighted by molar-refractivity contribution is -0.120. The SMILES string of the molecule is Cc1cccc(NC(=O)c2ccc(-c3nn4c(c3C(N)=O)Nc3ccc(N5CCN(CC6CN(c7ccc(N8CCC(=O)NC8=O)cc7)C6)CC5)cc3CC4)c(F)c2C)n1. The summed E-state index contributed by atoms with van der Waals surface area (Å²) in [5.41, 5.74) is 12.2. The molecule has 0 saturated carbocycles. The minimum Gasteiger partial charge on any atom is -0.371 e. The molecule has 0 radical (unpaired) electrons. The number of urea groups is 1. The highest BCUT2D eigenvalue weighted by Gasteiger charge is 2.32. The maximum absolute atomic E-state index is 16.1. The number of hydrogen-bond acceptors (Lipinski definition) is 10. The first-order valence-electron chi connectivity index (χ1n) is 20.3. The number of fused-ring (bicyclic) bond motifs is 2. The zero-order valence-corrected chi connectivity index (χ0v) is 33.5. The fourth-order valence-corrected chi connectivity index (χ4v) is 8.65. The second kappa shape index (κ2) is 15.7. The van der Waals surface area contributed by atoms with Crippen molar-refractivity contribution in [3.63, 3.8) is 0 Å². The van der Waals surface area contributed by atoms with Gasteiger partial charge in [-0.1, -0.05) is 6.07 Å². The number of nitrogens with one attached hydrogen (secondary N) is 3. The number of carbonyl (C=O) groups excluding carboxylic acids is 4. The highest BCUT2D eigenvalue weighted by Crippen LogP contribution is 2.38. The monoisotopic (exact) mass is 811 g/mol. The Morgan fingerprint density at radius 2 is 1.60 bits per heavy atom. The largest absolute Gasteiger partial charge is 0.371 e. The molecule has 4 aliphatic rings. The van der Waals surface area contributed by atoms with Crippen LogP contribution >= 0.6 is 0 Å². The maximum atomic E-state index is 16.1. The number of imide groups is 1. The number of hydrogen-bond donors (Lipinski definition) is 4. The summed E-state index contributed by atoms with van der Waals surface area (Å²) in [7, 11) is 0. The van der Waals surface area contributed by atoms with E-state index in [2.05, 4.69) is 47.8 Å². The van der Waals surface area contributed by atoms with Gasteiger partial charge in [-0.2, -0.15) is 5.10 Å². The molecule has 4 aliphatic heterocycles. The van der Waals surface area contributed by atoms with Crippen molar-refractivity contribution >= 4 is 58.1 Å². The summed E-state index contributed by atoms with van der Waals surface area (Å²) in [5.74, 6) is -0.792. The normalized spacial score (nSPS) is 16.9. The number of nitrogens with zero attached hydrogens (tertiary/aromatic N) is 7. The van der Waals surface area contributed by atoms with Gasteiger partial charge in [0, 0.05) is 111 Å². The van der Waals surface area contributed by atoms with Crippen LogP contribution in [0.4, 0.5) is 43.6 Å². The number of carbonyl (C=O) groups is 4. The third-order valence-corrected chi connectivity index (χ3v) is 11.9. The van der Waals surface area contributed by atoms with E-state index in [1.165, 1.54) is 19.1 Å². The molecule has 60 heavy (non-hydrogen) atoms. The summed E-state index contributed by atoms with van der Waals surface area (Å²) < 4.78 is 17.7. The molecule has 3 saturated heterocycles. The number of halogens is 1. The molecule has 5 amide bonds. The van der Waals surface area contributed by atoms with E-state index in [-0.39, 0.29) is 39.9 Å². The molecule has 308 valence electrons. The molecular formula is C44H46FN11O4. The van der Waals surface area contributed by atoms with Crippen molar-refractivity contribution in [2.75, 3.05) is 77.7 Å². The van der Waals surface area contributed by atoms with Crippen molar-refractivity contribution in [2.24, 2.45) is 11.7 Å². The number of anilines is 6. The van der Waals surface area contributed by atoms with Gasteiger partial charge in [0.15, 0.2) is 0 Å². The second-order valence-electron chi connectivity index (χ2n) is 15.9. The minimum atomic E-state index is -0.741. The quantitative estimate of drug-likeness (QED) is 0.158. The number of primary amides is 1. The van der Waals surface area contributed by atoms with E-state index >= 15 is 4.39 Å². The summed E-state index contributed by atoms with van der Waals surface area (Å²) in [5, 5.41) is 13.2. The summed E-state index contributed by atoms with van der Waals surface area (Å²) in [4.78, 5) is 63.0. The van der Waals surface area contributed by atoms with Crippen LogP contribution in [0.2, 0.25) is 0 Å². The molecule has 0 bridgehead atoms. The average Bonchev–Trinajstić information content (AvgIpc) is 3.48. The van der Waals surface area contributed by atoms with Crippen LogP contribution in [-0.2, 0) is 17.8 Å². The van der Waals surface area contributed by atoms with Crippen LogP contribution < -0.4 is 36.4 Å². The van der Waals surface area contributed by atoms with Crippen LogP contribution in [0.15, 0.2) is 72.8 Å². The number of pyridine rings is 1. The molecule has 9 rings (SSSR count). The smallest absolute Gasteiger partial charge is 0.328 e. The number of benzene rings is 3. The summed E-state index contributed by atoms with van der Waals surface area (Å²) in [6.07, 6.45) is 0.934. The van der Waals surface area contributed by atoms with Crippen molar-refractivity contribution in [3.05, 3.63) is 107 Å². The van der Waals surface area contributed by atoms with E-state index in [1.54, 1.807) is 21.7 Å². The van der Waals surface area contributed by atoms with Crippen molar-refractivity contribution in [1.29, 1.82) is 0 Å². The van der Waals surface area contributed by atoms with Gasteiger partial charge in [0.05, 0.1) is 0 Å². The lowest BCUT2D eigenvalue weighted by Gasteiger charge is -2.45. The van der Waals surface area contributed by atoms with Crippen LogP contribution in [0.3, 0.4) is 0 Å². The summed E-state index contributed by atoms with van der Waals surface area (Å²) in [6.45, 7) is 10.9. The van der Waals surface area contributed by atoms with E-state index in [9.17, 15) is 19.2 Å². The summed E-state index contributed by atoms with van der Waals surface area (Å²) in [6, 6.07) is 22.1. The van der Waals surface area contributed by atoms with E-state index in [0.717, 1.165) is 79.8 Å². The van der Waals surface area contributed by atoms with Gasteiger partial charge in [0.2, 0.25) is 5.91 Å². The van der Waals surface area contributed by atoms with Crippen molar-refractivity contribution in [2.45, 2.75) is 33.2 Å². The fourth-order valence-electron chi connectivity index (χ4n) is 8.65. The molecule has 16 heteroatoms. The lowest BCUT2D eigenvalue weighted by atomic mass is 9.98. The topological polar surface area (TPSA) is 174 Å². The number of nitrogens with two attached hydrogens (primary N) is 1. The van der Waals surface area contributed by atoms with E-state index in [1.807, 2.05) is 43.3 Å². The van der Waals surface area contributed by atoms with Gasteiger partial charge in [0.1, 0.15) is 28.7 Å². The first-order chi connectivity index (χ1) is 29.0. The van der Waals surface area contributed by atoms with Gasteiger partial charge in [0.25, 0.3) is 11.8 Å². The average molecular weight is 812 g/mol. The van der Waals surface area contributed by atoms with Crippen LogP contribution in [0.25, 0.3) is 11.3 Å². The van der Waals surface area contributed by atoms with Gasteiger partial charge in [-0.25, -0.2) is 18.9 Å². The Morgan fingerprint density at radius 1 is 0.850 bits per heavy atom. The predicted octanol–water partition coefficient (Wildman–Crippen LogP) is 5.06.